The van der Waals surface area contributed by atoms with Crippen LogP contribution in [0.15, 0.2) is 53.2 Å². The monoisotopic (exact) mass is 398 g/mol. The summed E-state index contributed by atoms with van der Waals surface area (Å²) < 4.78 is 5.45. The van der Waals surface area contributed by atoms with Crippen LogP contribution in [0, 0.1) is 0 Å². The van der Waals surface area contributed by atoms with Crippen molar-refractivity contribution in [2.75, 3.05) is 25.0 Å². The molecule has 1 N–H and O–H groups in total. The van der Waals surface area contributed by atoms with Crippen molar-refractivity contribution in [3.63, 3.8) is 0 Å². The van der Waals surface area contributed by atoms with Crippen molar-refractivity contribution in [1.82, 2.24) is 4.90 Å². The number of anilines is 1. The largest absolute Gasteiger partial charge is 0.494 e. The van der Waals surface area contributed by atoms with E-state index in [1.807, 2.05) is 42.5 Å². The van der Waals surface area contributed by atoms with Gasteiger partial charge in [-0.15, -0.1) is 22.7 Å². The average Bonchev–Trinajstić information content (AvgIpc) is 3.35. The van der Waals surface area contributed by atoms with Gasteiger partial charge in [0, 0.05) is 22.0 Å². The Kier molecular flexibility index (Phi) is 5.57. The summed E-state index contributed by atoms with van der Waals surface area (Å²) in [5.74, 6) is 0.827. The molecule has 27 heavy (non-hydrogen) atoms. The molecule has 6 heteroatoms. The van der Waals surface area contributed by atoms with Crippen LogP contribution in [0.1, 0.15) is 28.3 Å². The Morgan fingerprint density at radius 2 is 2.04 bits per heavy atom. The van der Waals surface area contributed by atoms with Gasteiger partial charge in [0.25, 0.3) is 0 Å². The first-order valence-corrected chi connectivity index (χ1v) is 10.9. The predicted molar refractivity (Wildman–Crippen MR) is 112 cm³/mol. The Labute approximate surface area is 167 Å². The van der Waals surface area contributed by atoms with E-state index in [4.69, 9.17) is 4.74 Å². The van der Waals surface area contributed by atoms with E-state index in [1.165, 1.54) is 15.3 Å². The molecule has 0 bridgehead atoms. The van der Waals surface area contributed by atoms with Crippen LogP contribution < -0.4 is 10.1 Å². The van der Waals surface area contributed by atoms with Gasteiger partial charge in [0.2, 0.25) is 5.91 Å². The number of amides is 1. The molecule has 1 aromatic carbocycles. The molecule has 0 aliphatic carbocycles. The highest BCUT2D eigenvalue weighted by atomic mass is 32.1. The molecule has 4 rings (SSSR count). The number of hydrogen-bond acceptors (Lipinski definition) is 5. The van der Waals surface area contributed by atoms with Crippen LogP contribution in [0.5, 0.6) is 5.75 Å². The van der Waals surface area contributed by atoms with Gasteiger partial charge in [0.05, 0.1) is 19.2 Å². The summed E-state index contributed by atoms with van der Waals surface area (Å²) in [4.78, 5) is 17.7. The van der Waals surface area contributed by atoms with E-state index in [-0.39, 0.29) is 11.9 Å². The van der Waals surface area contributed by atoms with Gasteiger partial charge in [-0.2, -0.15) is 0 Å². The van der Waals surface area contributed by atoms with Gasteiger partial charge >= 0.3 is 0 Å². The van der Waals surface area contributed by atoms with Gasteiger partial charge in [-0.05, 0) is 66.1 Å². The lowest BCUT2D eigenvalue weighted by atomic mass is 9.98. The van der Waals surface area contributed by atoms with Gasteiger partial charge in [-0.3, -0.25) is 9.69 Å². The number of thiophene rings is 2. The number of rotatable bonds is 6. The smallest absolute Gasteiger partial charge is 0.238 e. The SMILES string of the molecule is CCOc1ccc(NC(=O)CN2CCc3sccc3[C@H]2c2cccs2)cc1. The molecule has 140 valence electrons. The molecule has 4 nitrogen and oxygen atoms in total. The maximum absolute atomic E-state index is 12.7. The molecule has 3 aromatic rings. The Morgan fingerprint density at radius 1 is 1.19 bits per heavy atom. The first kappa shape index (κ1) is 18.2. The van der Waals surface area contributed by atoms with Crippen LogP contribution >= 0.6 is 22.7 Å². The summed E-state index contributed by atoms with van der Waals surface area (Å²) in [6.07, 6.45) is 1.01. The molecule has 1 aliphatic heterocycles. The Morgan fingerprint density at radius 3 is 2.78 bits per heavy atom. The van der Waals surface area contributed by atoms with E-state index in [0.717, 1.165) is 24.4 Å². The number of ether oxygens (including phenoxy) is 1. The second kappa shape index (κ2) is 8.25. The number of nitrogens with zero attached hydrogens (tertiary/aromatic N) is 1. The highest BCUT2D eigenvalue weighted by molar-refractivity contribution is 7.10. The van der Waals surface area contributed by atoms with Crippen molar-refractivity contribution >= 4 is 34.3 Å². The zero-order chi connectivity index (χ0) is 18.6. The maximum atomic E-state index is 12.7. The number of benzene rings is 1. The minimum atomic E-state index is 0.0133. The van der Waals surface area contributed by atoms with Crippen LogP contribution in [-0.4, -0.2) is 30.5 Å². The zero-order valence-corrected chi connectivity index (χ0v) is 16.8. The number of fused-ring (bicyclic) bond motifs is 1. The number of nitrogens with one attached hydrogen (secondary N) is 1. The molecule has 1 atom stereocenters. The van der Waals surface area contributed by atoms with E-state index in [0.29, 0.717) is 13.2 Å². The summed E-state index contributed by atoms with van der Waals surface area (Å²) in [6, 6.07) is 14.2. The summed E-state index contributed by atoms with van der Waals surface area (Å²) in [6.45, 7) is 3.87. The molecular weight excluding hydrogens is 376 g/mol. The van der Waals surface area contributed by atoms with Gasteiger partial charge in [-0.25, -0.2) is 0 Å². The zero-order valence-electron chi connectivity index (χ0n) is 15.2. The van der Waals surface area contributed by atoms with Crippen LogP contribution in [0.3, 0.4) is 0 Å². The third-order valence-corrected chi connectivity index (χ3v) is 6.60. The number of hydrogen-bond donors (Lipinski definition) is 1. The second-order valence-electron chi connectivity index (χ2n) is 6.44. The van der Waals surface area contributed by atoms with Crippen molar-refractivity contribution in [2.45, 2.75) is 19.4 Å². The predicted octanol–water partition coefficient (Wildman–Crippen LogP) is 4.79. The van der Waals surface area contributed by atoms with E-state index in [1.54, 1.807) is 11.3 Å². The fourth-order valence-electron chi connectivity index (χ4n) is 3.50. The van der Waals surface area contributed by atoms with Gasteiger partial charge < -0.3 is 10.1 Å². The Bertz CT molecular complexity index is 887. The topological polar surface area (TPSA) is 41.6 Å². The molecule has 0 fully saturated rings. The maximum Gasteiger partial charge on any atom is 0.238 e. The molecule has 0 spiro atoms. The number of carbonyl (C=O) groups excluding carboxylic acids is 1. The lowest BCUT2D eigenvalue weighted by Crippen LogP contribution is -2.40. The molecule has 0 saturated heterocycles. The fourth-order valence-corrected chi connectivity index (χ4v) is 5.28. The minimum Gasteiger partial charge on any atom is -0.494 e. The van der Waals surface area contributed by atoms with Crippen LogP contribution in [0.25, 0.3) is 0 Å². The summed E-state index contributed by atoms with van der Waals surface area (Å²) in [5, 5.41) is 7.28. The van der Waals surface area contributed by atoms with Crippen LogP contribution in [-0.2, 0) is 11.2 Å². The molecule has 1 amide bonds. The molecule has 0 saturated carbocycles. The van der Waals surface area contributed by atoms with Crippen molar-refractivity contribution in [3.8, 4) is 5.75 Å². The van der Waals surface area contributed by atoms with Gasteiger partial charge in [0.15, 0.2) is 0 Å². The highest BCUT2D eigenvalue weighted by Gasteiger charge is 2.31. The van der Waals surface area contributed by atoms with Crippen molar-refractivity contribution in [1.29, 1.82) is 0 Å². The first-order valence-electron chi connectivity index (χ1n) is 9.11. The van der Waals surface area contributed by atoms with Crippen LogP contribution in [0.2, 0.25) is 0 Å². The molecule has 0 unspecified atom stereocenters. The minimum absolute atomic E-state index is 0.0133. The van der Waals surface area contributed by atoms with E-state index < -0.39 is 0 Å². The molecule has 2 aromatic heterocycles. The van der Waals surface area contributed by atoms with E-state index in [2.05, 4.69) is 39.2 Å². The summed E-state index contributed by atoms with van der Waals surface area (Å²) in [5.41, 5.74) is 2.15. The van der Waals surface area contributed by atoms with Crippen molar-refractivity contribution < 1.29 is 9.53 Å². The normalized spacial score (nSPS) is 16.7. The molecule has 0 radical (unpaired) electrons. The summed E-state index contributed by atoms with van der Waals surface area (Å²) in [7, 11) is 0. The summed E-state index contributed by atoms with van der Waals surface area (Å²) >= 11 is 3.58. The highest BCUT2D eigenvalue weighted by Crippen LogP contribution is 2.39. The van der Waals surface area contributed by atoms with Gasteiger partial charge in [-0.1, -0.05) is 6.07 Å². The second-order valence-corrected chi connectivity index (χ2v) is 8.42. The lowest BCUT2D eigenvalue weighted by Gasteiger charge is -2.34. The first-order chi connectivity index (χ1) is 13.2. The van der Waals surface area contributed by atoms with Gasteiger partial charge in [0.1, 0.15) is 5.75 Å². The Balaban J connectivity index is 1.47. The van der Waals surface area contributed by atoms with Crippen molar-refractivity contribution in [2.24, 2.45) is 0 Å². The quantitative estimate of drug-likeness (QED) is 0.649. The molecule has 3 heterocycles. The third-order valence-electron chi connectivity index (χ3n) is 4.67. The third kappa shape index (κ3) is 4.08. The average molecular weight is 399 g/mol. The Hall–Kier alpha value is -2.15. The van der Waals surface area contributed by atoms with E-state index in [9.17, 15) is 4.79 Å². The standard InChI is InChI=1S/C21H22N2O2S2/c1-2-25-16-7-5-15(6-8-16)22-20(24)14-23-11-9-18-17(10-13-27-18)21(23)19-4-3-12-26-19/h3-8,10,12-13,21H,2,9,11,14H2,1H3,(H,22,24)/t21-/m0/s1. The fraction of sp³-hybridized carbons (Fsp3) is 0.286. The lowest BCUT2D eigenvalue weighted by molar-refractivity contribution is -0.117. The molecule has 1 aliphatic rings. The number of carbonyl (C=O) groups is 1. The van der Waals surface area contributed by atoms with Crippen LogP contribution in [0.4, 0.5) is 5.69 Å². The van der Waals surface area contributed by atoms with Crippen molar-refractivity contribution in [3.05, 3.63) is 68.5 Å². The van der Waals surface area contributed by atoms with E-state index >= 15 is 0 Å². The molecular formula is C21H22N2O2S2.